The normalized spacial score (nSPS) is 18.0. The van der Waals surface area contributed by atoms with Crippen LogP contribution in [0.5, 0.6) is 23.0 Å². The molecule has 16 rings (SSSR count). The lowest BCUT2D eigenvalue weighted by molar-refractivity contribution is 0.431. The Morgan fingerprint density at radius 2 is 0.816 bits per heavy atom. The van der Waals surface area contributed by atoms with Crippen molar-refractivity contribution in [3.8, 4) is 23.0 Å². The van der Waals surface area contributed by atoms with E-state index in [-0.39, 0.29) is 28.4 Å². The lowest BCUT2D eigenvalue weighted by Crippen LogP contribution is -2.45. The lowest BCUT2D eigenvalue weighted by atomic mass is 9.82. The van der Waals surface area contributed by atoms with E-state index in [1.54, 1.807) is 0 Å². The number of rotatable bonds is 20. The molecule has 6 aromatic rings. The van der Waals surface area contributed by atoms with Crippen LogP contribution in [-0.2, 0) is 91.6 Å². The number of unbranched alkanes of at least 4 members (excludes halogenated alkanes) is 6. The molecule has 24 heteroatoms. The Bertz CT molecular complexity index is 5050. The Kier molecular flexibility index (Phi) is 18.6. The third-order valence-corrected chi connectivity index (χ3v) is 26.5. The number of nitrogens with two attached hydrogens (primary N) is 2. The van der Waals surface area contributed by atoms with Crippen LogP contribution in [0.4, 0.5) is 11.4 Å². The number of benzene rings is 6. The van der Waals surface area contributed by atoms with Crippen molar-refractivity contribution in [2.45, 2.75) is 174 Å². The van der Waals surface area contributed by atoms with Crippen molar-refractivity contribution >= 4 is 62.8 Å². The first-order valence-corrected chi connectivity index (χ1v) is 41.6. The third-order valence-electron chi connectivity index (χ3n) is 21.8. The maximum absolute atomic E-state index is 14.2. The van der Waals surface area contributed by atoms with Gasteiger partial charge in [-0.2, -0.15) is 0 Å². The monoisotopic (exact) mass is 1410 g/mol. The van der Waals surface area contributed by atoms with Gasteiger partial charge in [-0.05, 0) is 175 Å². The summed E-state index contributed by atoms with van der Waals surface area (Å²) in [7, 11) is -18.3. The molecular formula is C74H88N8O12S4. The van der Waals surface area contributed by atoms with Gasteiger partial charge in [0.25, 0.3) is 0 Å². The van der Waals surface area contributed by atoms with Crippen molar-refractivity contribution in [2.75, 3.05) is 88.3 Å². The second-order valence-electron chi connectivity index (χ2n) is 28.1. The molecule has 0 aromatic heterocycles. The highest BCUT2D eigenvalue weighted by molar-refractivity contribution is 7.90. The van der Waals surface area contributed by atoms with Gasteiger partial charge in [-0.3, -0.25) is 0 Å². The summed E-state index contributed by atoms with van der Waals surface area (Å²) in [4.78, 5) is 3.37. The van der Waals surface area contributed by atoms with Crippen molar-refractivity contribution in [1.82, 2.24) is 18.6 Å². The SMILES string of the molecule is NCCCCCCNS(=O)(=O)c1cc(S(=O)(=O)[O-])ccc1C1=c2cc3c4c(c2Oc2c1cc1c5c2CCCN5CCC1)CCC[N+]=4CCC3.NCCCCCCNS(=O)(=O)c1ccc(C2=c3cc4c5c(c3Oc3c2cc2c6c3CCCN6CCC2)CCC[N+]=5CCC4)c(S(=O)(=O)[O-])c1. The molecule has 0 fully saturated rings. The van der Waals surface area contributed by atoms with E-state index >= 15 is 0 Å². The van der Waals surface area contributed by atoms with Gasteiger partial charge >= 0.3 is 0 Å². The number of hydrogen-bond donors (Lipinski definition) is 4. The van der Waals surface area contributed by atoms with Gasteiger partial charge in [0.1, 0.15) is 69.4 Å². The summed E-state index contributed by atoms with van der Waals surface area (Å²) in [6.07, 6.45) is 21.6. The van der Waals surface area contributed by atoms with E-state index in [1.807, 2.05) is 0 Å². The van der Waals surface area contributed by atoms with Gasteiger partial charge in [-0.1, -0.05) is 37.8 Å². The van der Waals surface area contributed by atoms with Crippen LogP contribution in [0.1, 0.15) is 169 Å². The lowest BCUT2D eigenvalue weighted by Gasteiger charge is -2.39. The molecule has 0 aliphatic carbocycles. The Hall–Kier alpha value is -6.58. The van der Waals surface area contributed by atoms with E-state index in [1.165, 1.54) is 68.6 Å². The summed E-state index contributed by atoms with van der Waals surface area (Å²) < 4.78 is 156. The number of nitrogens with zero attached hydrogens (tertiary/aromatic N) is 4. The Morgan fingerprint density at radius 3 is 1.29 bits per heavy atom. The van der Waals surface area contributed by atoms with Crippen molar-refractivity contribution in [3.05, 3.63) is 149 Å². The molecule has 0 unspecified atom stereocenters. The number of hydrogen-bond acceptors (Lipinski definition) is 16. The summed E-state index contributed by atoms with van der Waals surface area (Å²) in [5.41, 5.74) is 26.7. The first-order chi connectivity index (χ1) is 47.3. The second kappa shape index (κ2) is 27.1. The molecule has 0 saturated heterocycles. The highest BCUT2D eigenvalue weighted by Crippen LogP contribution is 2.51. The van der Waals surface area contributed by atoms with Gasteiger partial charge in [0.05, 0.1) is 30.7 Å². The van der Waals surface area contributed by atoms with Gasteiger partial charge in [0.15, 0.2) is 0 Å². The van der Waals surface area contributed by atoms with E-state index in [4.69, 9.17) is 20.9 Å². The maximum Gasteiger partial charge on any atom is 0.241 e. The Morgan fingerprint density at radius 1 is 0.408 bits per heavy atom. The summed E-state index contributed by atoms with van der Waals surface area (Å²) in [5.74, 6) is 3.01. The molecule has 0 radical (unpaired) electrons. The largest absolute Gasteiger partial charge is 0.744 e. The van der Waals surface area contributed by atoms with E-state index in [9.17, 15) is 42.8 Å². The van der Waals surface area contributed by atoms with Crippen molar-refractivity contribution < 1.29 is 52.3 Å². The van der Waals surface area contributed by atoms with Crippen molar-refractivity contribution in [1.29, 1.82) is 0 Å². The van der Waals surface area contributed by atoms with Crippen molar-refractivity contribution in [2.24, 2.45) is 11.5 Å². The van der Waals surface area contributed by atoms with Gasteiger partial charge in [-0.15, -0.1) is 0 Å². The second-order valence-corrected chi connectivity index (χ2v) is 34.3. The summed E-state index contributed by atoms with van der Waals surface area (Å²) in [6.45, 7) is 9.58. The van der Waals surface area contributed by atoms with Crippen LogP contribution < -0.4 is 70.5 Å². The quantitative estimate of drug-likeness (QED) is 0.0407. The molecule has 0 spiro atoms. The average Bonchev–Trinajstić information content (AvgIpc) is 0.713. The smallest absolute Gasteiger partial charge is 0.241 e. The fraction of sp³-hybridized carbons (Fsp3) is 0.486. The predicted molar refractivity (Wildman–Crippen MR) is 375 cm³/mol. The molecule has 10 aliphatic heterocycles. The Labute approximate surface area is 575 Å². The standard InChI is InChI=1S/2C37H44N4O6S2/c38-15-3-1-2-4-16-39-48(42,43)32-23-26(49(44,45)46)13-14-27(32)33-30-21-24-9-5-17-40-19-7-11-28(34(24)40)36(30)47-37-29-12-8-20-41-18-6-10-25(35(29)41)22-31(33)37;38-15-3-1-2-4-16-39-48(42,43)26-13-14-27(32(23-26)49(44,45)46)33-30-21-24-9-5-17-40-19-7-11-28(34(24)40)36(30)47-37-29-12-8-20-41-18-6-10-25(35(29)41)22-31(33)37/h2*13-14,21-23,39H,1-12,15-20,38H2. The third kappa shape index (κ3) is 12.4. The van der Waals surface area contributed by atoms with Crippen LogP contribution in [0.25, 0.3) is 11.1 Å². The van der Waals surface area contributed by atoms with Crippen molar-refractivity contribution in [3.63, 3.8) is 0 Å². The molecule has 10 aliphatic rings. The first kappa shape index (κ1) is 67.3. The molecule has 20 nitrogen and oxygen atoms in total. The van der Waals surface area contributed by atoms with Gasteiger partial charge in [0.2, 0.25) is 30.8 Å². The number of ether oxygens (including phenoxy) is 2. The fourth-order valence-corrected chi connectivity index (χ4v) is 21.4. The van der Waals surface area contributed by atoms with E-state index in [0.717, 1.165) is 278 Å². The van der Waals surface area contributed by atoms with Crippen LogP contribution in [0.15, 0.2) is 80.2 Å². The maximum atomic E-state index is 14.2. The zero-order valence-electron chi connectivity index (χ0n) is 55.7. The van der Waals surface area contributed by atoms with Crippen LogP contribution in [0.3, 0.4) is 0 Å². The number of aryl methyl sites for hydroxylation is 4. The van der Waals surface area contributed by atoms with E-state index in [2.05, 4.69) is 52.7 Å². The fourth-order valence-electron chi connectivity index (χ4n) is 17.6. The number of fused-ring (bicyclic) bond motifs is 8. The van der Waals surface area contributed by atoms with Crippen LogP contribution >= 0.6 is 0 Å². The summed E-state index contributed by atoms with van der Waals surface area (Å²) in [6, 6.07) is 16.4. The molecular weight excluding hydrogens is 1320 g/mol. The van der Waals surface area contributed by atoms with Gasteiger partial charge in [0, 0.05) is 142 Å². The number of nitrogens with one attached hydrogen (secondary N) is 2. The predicted octanol–water partition coefficient (Wildman–Crippen LogP) is 5.65. The molecule has 6 aromatic carbocycles. The molecule has 6 N–H and O–H groups in total. The molecule has 0 bridgehead atoms. The molecule has 0 saturated carbocycles. The van der Waals surface area contributed by atoms with Gasteiger partial charge in [-0.25, -0.2) is 52.3 Å². The van der Waals surface area contributed by atoms with Crippen LogP contribution in [0.2, 0.25) is 0 Å². The van der Waals surface area contributed by atoms with E-state index in [0.29, 0.717) is 37.1 Å². The molecule has 98 heavy (non-hydrogen) atoms. The highest BCUT2D eigenvalue weighted by atomic mass is 32.2. The minimum atomic E-state index is -5.10. The Balaban J connectivity index is 0.000000160. The molecule has 10 heterocycles. The highest BCUT2D eigenvalue weighted by Gasteiger charge is 2.40. The number of anilines is 2. The summed E-state index contributed by atoms with van der Waals surface area (Å²) >= 11 is 0. The molecule has 0 atom stereocenters. The summed E-state index contributed by atoms with van der Waals surface area (Å²) in [5, 5.41) is 4.09. The molecule has 0 amide bonds. The number of sulfonamides is 2. The van der Waals surface area contributed by atoms with Crippen LogP contribution in [0, 0.1) is 0 Å². The first-order valence-electron chi connectivity index (χ1n) is 35.8. The van der Waals surface area contributed by atoms with E-state index < -0.39 is 50.1 Å². The minimum absolute atomic E-state index is 0.188. The average molecular weight is 1410 g/mol. The zero-order chi connectivity index (χ0) is 67.8. The minimum Gasteiger partial charge on any atom is -0.744 e. The van der Waals surface area contributed by atoms with Crippen LogP contribution in [-0.4, -0.2) is 121 Å². The zero-order valence-corrected chi connectivity index (χ0v) is 59.0. The van der Waals surface area contributed by atoms with Gasteiger partial charge < -0.3 is 39.8 Å². The topological polar surface area (TPSA) is 290 Å². The molecule has 520 valence electrons.